The van der Waals surface area contributed by atoms with Crippen molar-refractivity contribution in [2.45, 2.75) is 13.0 Å². The first kappa shape index (κ1) is 12.2. The maximum absolute atomic E-state index is 11.7. The van der Waals surface area contributed by atoms with Gasteiger partial charge in [0.2, 0.25) is 0 Å². The maximum Gasteiger partial charge on any atom is 0.344 e. The van der Waals surface area contributed by atoms with Crippen LogP contribution in [0.25, 0.3) is 0 Å². The first-order valence-electron chi connectivity index (χ1n) is 5.42. The van der Waals surface area contributed by atoms with E-state index in [9.17, 15) is 9.90 Å². The van der Waals surface area contributed by atoms with Crippen LogP contribution in [0.3, 0.4) is 0 Å². The highest BCUT2D eigenvalue weighted by atomic mass is 16.6. The molecular weight excluding hydrogens is 234 g/mol. The van der Waals surface area contributed by atoms with Crippen LogP contribution < -0.4 is 0 Å². The van der Waals surface area contributed by atoms with Gasteiger partial charge in [-0.1, -0.05) is 35.5 Å². The number of cyclic esters (lactones) is 1. The predicted octanol–water partition coefficient (Wildman–Crippen LogP) is 2.12. The normalized spacial score (nSPS) is 20.0. The third-order valence-electron chi connectivity index (χ3n) is 2.63. The van der Waals surface area contributed by atoms with Crippen molar-refractivity contribution in [1.29, 1.82) is 0 Å². The number of aliphatic hydroxyl groups is 1. The van der Waals surface area contributed by atoms with Crippen LogP contribution in [0.2, 0.25) is 0 Å². The summed E-state index contributed by atoms with van der Waals surface area (Å²) in [4.78, 5) is 16.3. The summed E-state index contributed by atoms with van der Waals surface area (Å²) in [6.07, 6.45) is -0.768. The van der Waals surface area contributed by atoms with Gasteiger partial charge in [-0.05, 0) is 6.92 Å². The van der Waals surface area contributed by atoms with E-state index in [4.69, 9.17) is 4.74 Å². The van der Waals surface area contributed by atoms with Crippen LogP contribution in [0.4, 0.5) is 0 Å². The summed E-state index contributed by atoms with van der Waals surface area (Å²) in [6.45, 7) is 1.57. The van der Waals surface area contributed by atoms with Crippen LogP contribution in [0.1, 0.15) is 18.6 Å². The Bertz CT molecular complexity index is 519. The number of aliphatic hydroxyl groups excluding tert-OH is 1. The molecule has 1 heterocycles. The molecule has 2 rings (SSSR count). The molecule has 0 bridgehead atoms. The van der Waals surface area contributed by atoms with E-state index in [1.54, 1.807) is 19.1 Å². The lowest BCUT2D eigenvalue weighted by Gasteiger charge is -2.09. The molecule has 0 saturated heterocycles. The van der Waals surface area contributed by atoms with Gasteiger partial charge in [-0.3, -0.25) is 0 Å². The molecule has 18 heavy (non-hydrogen) atoms. The summed E-state index contributed by atoms with van der Waals surface area (Å²) >= 11 is 0. The van der Waals surface area contributed by atoms with Gasteiger partial charge in [0.15, 0.2) is 11.9 Å². The van der Waals surface area contributed by atoms with Gasteiger partial charge < -0.3 is 14.7 Å². The van der Waals surface area contributed by atoms with E-state index in [0.29, 0.717) is 11.3 Å². The van der Waals surface area contributed by atoms with Crippen LogP contribution in [0.5, 0.6) is 0 Å². The second-order valence-corrected chi connectivity index (χ2v) is 3.82. The Morgan fingerprint density at radius 3 is 2.67 bits per heavy atom. The Hall–Kier alpha value is -2.30. The molecule has 0 radical (unpaired) electrons. The number of oxime groups is 1. The van der Waals surface area contributed by atoms with Crippen molar-refractivity contribution in [1.82, 2.24) is 0 Å². The lowest BCUT2D eigenvalue weighted by atomic mass is 10.1. The molecule has 94 valence electrons. The van der Waals surface area contributed by atoms with Crippen molar-refractivity contribution in [3.05, 3.63) is 47.2 Å². The minimum atomic E-state index is -0.768. The van der Waals surface area contributed by atoms with Crippen molar-refractivity contribution >= 4 is 11.7 Å². The zero-order valence-electron chi connectivity index (χ0n) is 10.1. The molecule has 5 heteroatoms. The predicted molar refractivity (Wildman–Crippen MR) is 65.0 cm³/mol. The summed E-state index contributed by atoms with van der Waals surface area (Å²) < 4.78 is 5.14. The topological polar surface area (TPSA) is 68.1 Å². The second-order valence-electron chi connectivity index (χ2n) is 3.82. The van der Waals surface area contributed by atoms with Gasteiger partial charge in [-0.15, -0.1) is 0 Å². The maximum atomic E-state index is 11.7. The Morgan fingerprint density at radius 1 is 1.39 bits per heavy atom. The average Bonchev–Trinajstić information content (AvgIpc) is 2.66. The number of ether oxygens (including phenoxy) is 1. The molecule has 0 aliphatic carbocycles. The van der Waals surface area contributed by atoms with E-state index in [0.717, 1.165) is 0 Å². The fourth-order valence-electron chi connectivity index (χ4n) is 1.83. The second kappa shape index (κ2) is 4.91. The third-order valence-corrected chi connectivity index (χ3v) is 2.63. The van der Waals surface area contributed by atoms with E-state index < -0.39 is 12.1 Å². The van der Waals surface area contributed by atoms with E-state index in [2.05, 4.69) is 9.99 Å². The molecule has 1 aliphatic heterocycles. The van der Waals surface area contributed by atoms with E-state index in [-0.39, 0.29) is 11.3 Å². The monoisotopic (exact) mass is 247 g/mol. The van der Waals surface area contributed by atoms with Crippen molar-refractivity contribution in [3.8, 4) is 0 Å². The molecule has 1 aromatic rings. The average molecular weight is 247 g/mol. The van der Waals surface area contributed by atoms with Crippen molar-refractivity contribution in [2.24, 2.45) is 5.16 Å². The number of hydrogen-bond donors (Lipinski definition) is 1. The highest BCUT2D eigenvalue weighted by Gasteiger charge is 2.36. The van der Waals surface area contributed by atoms with Crippen LogP contribution in [0, 0.1) is 0 Å². The number of carbonyl (C=O) groups excluding carboxylic acids is 1. The summed E-state index contributed by atoms with van der Waals surface area (Å²) in [7, 11) is 1.37. The van der Waals surface area contributed by atoms with Gasteiger partial charge in [-0.25, -0.2) is 4.79 Å². The van der Waals surface area contributed by atoms with Gasteiger partial charge in [-0.2, -0.15) is 0 Å². The molecule has 5 nitrogen and oxygen atoms in total. The Morgan fingerprint density at radius 2 is 2.06 bits per heavy atom. The van der Waals surface area contributed by atoms with Crippen molar-refractivity contribution in [2.75, 3.05) is 7.11 Å². The highest BCUT2D eigenvalue weighted by Crippen LogP contribution is 2.33. The largest absolute Gasteiger partial charge is 0.507 e. The first-order valence-corrected chi connectivity index (χ1v) is 5.42. The Labute approximate surface area is 104 Å². The quantitative estimate of drug-likeness (QED) is 0.504. The fourth-order valence-corrected chi connectivity index (χ4v) is 1.83. The minimum Gasteiger partial charge on any atom is -0.507 e. The summed E-state index contributed by atoms with van der Waals surface area (Å²) in [5, 5.41) is 13.7. The summed E-state index contributed by atoms with van der Waals surface area (Å²) in [5.41, 5.74) is 1.06. The Balaban J connectivity index is 2.39. The number of rotatable bonds is 3. The molecule has 0 amide bonds. The fraction of sp³-hybridized carbons (Fsp3) is 0.231. The summed E-state index contributed by atoms with van der Waals surface area (Å²) in [6, 6.07) is 9.02. The zero-order chi connectivity index (χ0) is 13.1. The first-order chi connectivity index (χ1) is 8.65. The molecule has 1 N–H and O–H groups in total. The lowest BCUT2D eigenvalue weighted by Crippen LogP contribution is -2.08. The smallest absolute Gasteiger partial charge is 0.344 e. The van der Waals surface area contributed by atoms with Crippen LogP contribution in [-0.2, 0) is 14.4 Å². The molecule has 1 aromatic carbocycles. The zero-order valence-corrected chi connectivity index (χ0v) is 10.1. The van der Waals surface area contributed by atoms with Crippen LogP contribution in [-0.4, -0.2) is 23.9 Å². The standard InChI is InChI=1S/C13H13NO4/c1-8(14-17-2)10-11(15)12(18-13(10)16)9-6-4-3-5-7-9/h3-7,12,15H,1-2H3/b14-8+. The number of esters is 1. The van der Waals surface area contributed by atoms with E-state index in [1.165, 1.54) is 7.11 Å². The summed E-state index contributed by atoms with van der Waals surface area (Å²) in [5.74, 6) is -0.732. The van der Waals surface area contributed by atoms with Crippen molar-refractivity contribution < 1.29 is 19.5 Å². The molecule has 0 aromatic heterocycles. The van der Waals surface area contributed by atoms with Gasteiger partial charge in [0.1, 0.15) is 12.7 Å². The molecule has 1 atom stereocenters. The lowest BCUT2D eigenvalue weighted by molar-refractivity contribution is -0.140. The van der Waals surface area contributed by atoms with Gasteiger partial charge >= 0.3 is 5.97 Å². The third kappa shape index (κ3) is 2.07. The number of benzene rings is 1. The molecule has 0 spiro atoms. The van der Waals surface area contributed by atoms with E-state index >= 15 is 0 Å². The van der Waals surface area contributed by atoms with Gasteiger partial charge in [0.25, 0.3) is 0 Å². The SMILES string of the molecule is CO/N=C(\C)C1=C(O)C(c2ccccc2)OC1=O. The van der Waals surface area contributed by atoms with Gasteiger partial charge in [0, 0.05) is 5.56 Å². The number of nitrogens with zero attached hydrogens (tertiary/aromatic N) is 1. The number of carbonyl (C=O) groups is 1. The van der Waals surface area contributed by atoms with Gasteiger partial charge in [0.05, 0.1) is 5.71 Å². The number of hydrogen-bond acceptors (Lipinski definition) is 5. The Kier molecular flexibility index (Phi) is 3.32. The van der Waals surface area contributed by atoms with Crippen LogP contribution >= 0.6 is 0 Å². The minimum absolute atomic E-state index is 0.0608. The molecule has 0 saturated carbocycles. The van der Waals surface area contributed by atoms with E-state index in [1.807, 2.05) is 18.2 Å². The molecular formula is C13H13NO4. The van der Waals surface area contributed by atoms with Crippen molar-refractivity contribution in [3.63, 3.8) is 0 Å². The molecule has 1 aliphatic rings. The molecule has 1 unspecified atom stereocenters. The van der Waals surface area contributed by atoms with Crippen LogP contribution in [0.15, 0.2) is 46.8 Å². The molecule has 0 fully saturated rings. The highest BCUT2D eigenvalue weighted by molar-refractivity contribution is 6.20.